The van der Waals surface area contributed by atoms with Crippen molar-refractivity contribution < 1.29 is 14.6 Å². The van der Waals surface area contributed by atoms with Crippen LogP contribution < -0.4 is 4.74 Å². The highest BCUT2D eigenvalue weighted by Crippen LogP contribution is 2.23. The second-order valence-electron chi connectivity index (χ2n) is 4.26. The number of carboxylic acids is 1. The summed E-state index contributed by atoms with van der Waals surface area (Å²) in [5.74, 6) is -0.209. The minimum Gasteiger partial charge on any atom is -0.489 e. The summed E-state index contributed by atoms with van der Waals surface area (Å²) in [6.07, 6.45) is 0.381. The van der Waals surface area contributed by atoms with Crippen LogP contribution in [0.25, 0.3) is 0 Å². The lowest BCUT2D eigenvalue weighted by Crippen LogP contribution is -1.96. The minimum atomic E-state index is -0.912. The summed E-state index contributed by atoms with van der Waals surface area (Å²) in [6, 6.07) is 11.1. The molecule has 1 aromatic carbocycles. The highest BCUT2D eigenvalue weighted by atomic mass is 32.1. The molecule has 1 N–H and O–H groups in total. The van der Waals surface area contributed by atoms with E-state index < -0.39 is 5.97 Å². The van der Waals surface area contributed by atoms with Crippen molar-refractivity contribution in [3.05, 3.63) is 51.2 Å². The predicted molar refractivity (Wildman–Crippen MR) is 76.1 cm³/mol. The van der Waals surface area contributed by atoms with Crippen molar-refractivity contribution in [1.82, 2.24) is 0 Å². The first-order valence-electron chi connectivity index (χ1n) is 6.01. The summed E-state index contributed by atoms with van der Waals surface area (Å²) in [5.41, 5.74) is 1.83. The van der Waals surface area contributed by atoms with Crippen molar-refractivity contribution in [2.24, 2.45) is 0 Å². The quantitative estimate of drug-likeness (QED) is 0.915. The van der Waals surface area contributed by atoms with Crippen molar-refractivity contribution in [3.8, 4) is 11.8 Å². The maximum atomic E-state index is 10.9. The molecule has 20 heavy (non-hydrogen) atoms. The molecule has 0 spiro atoms. The number of benzene rings is 1. The zero-order valence-corrected chi connectivity index (χ0v) is 11.7. The van der Waals surface area contributed by atoms with E-state index in [4.69, 9.17) is 15.1 Å². The number of aryl methyl sites for hydroxylation is 1. The van der Waals surface area contributed by atoms with Crippen LogP contribution in [-0.2, 0) is 13.0 Å². The van der Waals surface area contributed by atoms with Crippen LogP contribution in [0, 0.1) is 18.3 Å². The van der Waals surface area contributed by atoms with Crippen molar-refractivity contribution in [2.75, 3.05) is 0 Å². The second-order valence-corrected chi connectivity index (χ2v) is 5.52. The van der Waals surface area contributed by atoms with Gasteiger partial charge in [0.1, 0.15) is 17.2 Å². The molecule has 0 saturated carbocycles. The lowest BCUT2D eigenvalue weighted by Gasteiger charge is -2.06. The van der Waals surface area contributed by atoms with Gasteiger partial charge in [-0.3, -0.25) is 0 Å². The first kappa shape index (κ1) is 14.1. The van der Waals surface area contributed by atoms with Crippen LogP contribution in [0.15, 0.2) is 30.3 Å². The van der Waals surface area contributed by atoms with Crippen LogP contribution in [0.3, 0.4) is 0 Å². The second kappa shape index (κ2) is 6.22. The van der Waals surface area contributed by atoms with Crippen LogP contribution in [0.4, 0.5) is 0 Å². The maximum absolute atomic E-state index is 10.9. The van der Waals surface area contributed by atoms with Crippen LogP contribution >= 0.6 is 11.3 Å². The molecule has 0 bridgehead atoms. The first-order chi connectivity index (χ1) is 9.60. The molecule has 0 radical (unpaired) electrons. The Balaban J connectivity index is 2.01. The molecule has 1 aromatic heterocycles. The average molecular weight is 287 g/mol. The van der Waals surface area contributed by atoms with E-state index in [2.05, 4.69) is 6.07 Å². The molecule has 5 heteroatoms. The molecule has 4 nitrogen and oxygen atoms in total. The van der Waals surface area contributed by atoms with E-state index in [9.17, 15) is 4.79 Å². The summed E-state index contributed by atoms with van der Waals surface area (Å²) in [5, 5.41) is 17.5. The summed E-state index contributed by atoms with van der Waals surface area (Å²) >= 11 is 1.25. The standard InChI is InChI=1S/C15H13NO3S/c1-10-12(8-14(20-10)15(17)18)9-19-13-4-2-11(3-5-13)6-7-16/h2-5,8H,6,9H2,1H3,(H,17,18). The van der Waals surface area contributed by atoms with Gasteiger partial charge in [0, 0.05) is 10.4 Å². The first-order valence-corrected chi connectivity index (χ1v) is 6.83. The fourth-order valence-corrected chi connectivity index (χ4v) is 2.59. The summed E-state index contributed by atoms with van der Waals surface area (Å²) < 4.78 is 5.63. The van der Waals surface area contributed by atoms with Gasteiger partial charge < -0.3 is 9.84 Å². The number of nitriles is 1. The molecule has 2 rings (SSSR count). The van der Waals surface area contributed by atoms with E-state index >= 15 is 0 Å². The molecular weight excluding hydrogens is 274 g/mol. The number of thiophene rings is 1. The lowest BCUT2D eigenvalue weighted by molar-refractivity contribution is 0.0702. The van der Waals surface area contributed by atoms with Crippen LogP contribution in [-0.4, -0.2) is 11.1 Å². The van der Waals surface area contributed by atoms with Crippen molar-refractivity contribution >= 4 is 17.3 Å². The smallest absolute Gasteiger partial charge is 0.345 e. The van der Waals surface area contributed by atoms with Crippen molar-refractivity contribution in [3.63, 3.8) is 0 Å². The number of carbonyl (C=O) groups is 1. The number of ether oxygens (including phenoxy) is 1. The molecule has 102 valence electrons. The number of hydrogen-bond acceptors (Lipinski definition) is 4. The Labute approximate surface area is 120 Å². The fraction of sp³-hybridized carbons (Fsp3) is 0.200. The Morgan fingerprint density at radius 2 is 2.10 bits per heavy atom. The molecule has 0 aliphatic rings. The third-order valence-electron chi connectivity index (χ3n) is 2.83. The zero-order chi connectivity index (χ0) is 14.5. The topological polar surface area (TPSA) is 70.3 Å². The Hall–Kier alpha value is -2.32. The van der Waals surface area contributed by atoms with Crippen LogP contribution in [0.5, 0.6) is 5.75 Å². The molecule has 0 saturated heterocycles. The third-order valence-corrected chi connectivity index (χ3v) is 3.91. The number of aromatic carboxylic acids is 1. The highest BCUT2D eigenvalue weighted by molar-refractivity contribution is 7.14. The number of nitrogens with zero attached hydrogens (tertiary/aromatic N) is 1. The SMILES string of the molecule is Cc1sc(C(=O)O)cc1COc1ccc(CC#N)cc1. The number of rotatable bonds is 5. The average Bonchev–Trinajstić information content (AvgIpc) is 2.80. The van der Waals surface area contributed by atoms with E-state index in [1.807, 2.05) is 31.2 Å². The van der Waals surface area contributed by atoms with Crippen molar-refractivity contribution in [1.29, 1.82) is 5.26 Å². The molecule has 0 unspecified atom stereocenters. The van der Waals surface area contributed by atoms with Crippen LogP contribution in [0.1, 0.15) is 25.7 Å². The Bertz CT molecular complexity index is 653. The van der Waals surface area contributed by atoms with Gasteiger partial charge >= 0.3 is 5.97 Å². The molecule has 0 fully saturated rings. The van der Waals surface area contributed by atoms with E-state index in [1.54, 1.807) is 6.07 Å². The van der Waals surface area contributed by atoms with Gasteiger partial charge in [-0.15, -0.1) is 11.3 Å². The zero-order valence-electron chi connectivity index (χ0n) is 10.9. The Kier molecular flexibility index (Phi) is 4.38. The van der Waals surface area contributed by atoms with Gasteiger partial charge in [-0.25, -0.2) is 4.79 Å². The minimum absolute atomic E-state index is 0.325. The summed E-state index contributed by atoms with van der Waals surface area (Å²) in [6.45, 7) is 2.22. The maximum Gasteiger partial charge on any atom is 0.345 e. The molecule has 0 amide bonds. The third kappa shape index (κ3) is 3.37. The monoisotopic (exact) mass is 287 g/mol. The highest BCUT2D eigenvalue weighted by Gasteiger charge is 2.11. The van der Waals surface area contributed by atoms with Gasteiger partial charge in [-0.1, -0.05) is 12.1 Å². The molecule has 0 atom stereocenters. The molecular formula is C15H13NO3S. The Morgan fingerprint density at radius 1 is 1.40 bits per heavy atom. The number of hydrogen-bond donors (Lipinski definition) is 1. The van der Waals surface area contributed by atoms with E-state index in [0.717, 1.165) is 16.0 Å². The lowest BCUT2D eigenvalue weighted by atomic mass is 10.2. The van der Waals surface area contributed by atoms with E-state index in [-0.39, 0.29) is 0 Å². The molecule has 1 heterocycles. The molecule has 0 aliphatic carbocycles. The predicted octanol–water partition coefficient (Wildman–Crippen LogP) is 3.40. The van der Waals surface area contributed by atoms with Crippen LogP contribution in [0.2, 0.25) is 0 Å². The van der Waals surface area contributed by atoms with E-state index in [1.165, 1.54) is 11.3 Å². The summed E-state index contributed by atoms with van der Waals surface area (Å²) in [7, 11) is 0. The van der Waals surface area contributed by atoms with Gasteiger partial charge in [0.05, 0.1) is 12.5 Å². The van der Waals surface area contributed by atoms with Gasteiger partial charge in [0.15, 0.2) is 0 Å². The van der Waals surface area contributed by atoms with Gasteiger partial charge in [0.25, 0.3) is 0 Å². The largest absolute Gasteiger partial charge is 0.489 e. The van der Waals surface area contributed by atoms with E-state index in [0.29, 0.717) is 23.7 Å². The van der Waals surface area contributed by atoms with Gasteiger partial charge in [0.2, 0.25) is 0 Å². The van der Waals surface area contributed by atoms with Crippen molar-refractivity contribution in [2.45, 2.75) is 20.0 Å². The molecule has 0 aliphatic heterocycles. The summed E-state index contributed by atoms with van der Waals surface area (Å²) in [4.78, 5) is 12.2. The fourth-order valence-electron chi connectivity index (χ4n) is 1.72. The number of carboxylic acid groups (broad SMARTS) is 1. The van der Waals surface area contributed by atoms with Gasteiger partial charge in [-0.2, -0.15) is 5.26 Å². The molecule has 2 aromatic rings. The van der Waals surface area contributed by atoms with Gasteiger partial charge in [-0.05, 0) is 30.7 Å². The Morgan fingerprint density at radius 3 is 2.65 bits per heavy atom. The normalized spacial score (nSPS) is 10.0.